The standard InChI is InChI=1S/C21H31N3O3S/c1-13-10-14(2)23-20(22-13)28-12-18(25)24-16-9-7-6-8-15(16)11-17(24)19(26)27-21(3,4)5/h10,15-17H,6-9,11-12H2,1-5H3/t15-,16-,17+/m1/s1. The number of fused-ring (bicyclic) bond motifs is 1. The quantitative estimate of drug-likeness (QED) is 0.432. The topological polar surface area (TPSA) is 72.4 Å². The van der Waals surface area contributed by atoms with Gasteiger partial charge in [0.15, 0.2) is 5.16 Å². The largest absolute Gasteiger partial charge is 0.458 e. The summed E-state index contributed by atoms with van der Waals surface area (Å²) >= 11 is 1.34. The third kappa shape index (κ3) is 5.04. The molecule has 0 N–H and O–H groups in total. The van der Waals surface area contributed by atoms with Crippen LogP contribution in [0, 0.1) is 19.8 Å². The van der Waals surface area contributed by atoms with E-state index in [4.69, 9.17) is 4.74 Å². The molecule has 1 saturated carbocycles. The average molecular weight is 406 g/mol. The first-order chi connectivity index (χ1) is 13.1. The predicted octanol–water partition coefficient (Wildman–Crippen LogP) is 3.69. The highest BCUT2D eigenvalue weighted by atomic mass is 32.2. The minimum absolute atomic E-state index is 0.0157. The minimum Gasteiger partial charge on any atom is -0.458 e. The van der Waals surface area contributed by atoms with Crippen LogP contribution in [0.2, 0.25) is 0 Å². The van der Waals surface area contributed by atoms with Gasteiger partial charge in [0.25, 0.3) is 0 Å². The number of hydrogen-bond donors (Lipinski definition) is 0. The van der Waals surface area contributed by atoms with Crippen LogP contribution in [0.25, 0.3) is 0 Å². The summed E-state index contributed by atoms with van der Waals surface area (Å²) in [5, 5.41) is 0.610. The highest BCUT2D eigenvalue weighted by molar-refractivity contribution is 7.99. The molecule has 1 aliphatic carbocycles. The van der Waals surface area contributed by atoms with Crippen LogP contribution in [0.3, 0.4) is 0 Å². The van der Waals surface area contributed by atoms with Crippen molar-refractivity contribution in [2.45, 2.75) is 89.6 Å². The van der Waals surface area contributed by atoms with E-state index < -0.39 is 11.6 Å². The number of nitrogens with zero attached hydrogens (tertiary/aromatic N) is 3. The van der Waals surface area contributed by atoms with E-state index in [9.17, 15) is 9.59 Å². The van der Waals surface area contributed by atoms with Gasteiger partial charge in [-0.2, -0.15) is 0 Å². The number of esters is 1. The number of carbonyl (C=O) groups is 2. The molecule has 1 aromatic heterocycles. The van der Waals surface area contributed by atoms with Crippen LogP contribution < -0.4 is 0 Å². The normalized spacial score (nSPS) is 24.8. The summed E-state index contributed by atoms with van der Waals surface area (Å²) < 4.78 is 5.64. The Balaban J connectivity index is 1.74. The Hall–Kier alpha value is -1.63. The molecule has 0 unspecified atom stereocenters. The van der Waals surface area contributed by atoms with E-state index in [-0.39, 0.29) is 23.7 Å². The summed E-state index contributed by atoms with van der Waals surface area (Å²) in [4.78, 5) is 36.6. The maximum Gasteiger partial charge on any atom is 0.329 e. The van der Waals surface area contributed by atoms with E-state index in [0.29, 0.717) is 11.1 Å². The summed E-state index contributed by atoms with van der Waals surface area (Å²) in [6.07, 6.45) is 5.06. The number of thioether (sulfide) groups is 1. The number of amides is 1. The second kappa shape index (κ2) is 8.39. The molecule has 6 nitrogen and oxygen atoms in total. The van der Waals surface area contributed by atoms with E-state index in [1.807, 2.05) is 45.6 Å². The zero-order valence-electron chi connectivity index (χ0n) is 17.5. The lowest BCUT2D eigenvalue weighted by molar-refractivity contribution is -0.163. The van der Waals surface area contributed by atoms with Crippen molar-refractivity contribution in [2.24, 2.45) is 5.92 Å². The fourth-order valence-corrected chi connectivity index (χ4v) is 5.18. The molecule has 0 aromatic carbocycles. The van der Waals surface area contributed by atoms with Gasteiger partial charge in [-0.3, -0.25) is 4.79 Å². The number of ether oxygens (including phenoxy) is 1. The molecule has 2 fully saturated rings. The Morgan fingerprint density at radius 1 is 1.18 bits per heavy atom. The van der Waals surface area contributed by atoms with Gasteiger partial charge >= 0.3 is 5.97 Å². The first kappa shape index (κ1) is 21.1. The van der Waals surface area contributed by atoms with Crippen molar-refractivity contribution >= 4 is 23.6 Å². The Kier molecular flexibility index (Phi) is 6.32. The molecule has 0 radical (unpaired) electrons. The second-order valence-electron chi connectivity index (χ2n) is 8.92. The molecule has 1 saturated heterocycles. The Bertz CT molecular complexity index is 727. The lowest BCUT2D eigenvalue weighted by Crippen LogP contribution is -2.48. The van der Waals surface area contributed by atoms with Gasteiger partial charge in [-0.25, -0.2) is 14.8 Å². The van der Waals surface area contributed by atoms with Crippen LogP contribution >= 0.6 is 11.8 Å². The number of aromatic nitrogens is 2. The lowest BCUT2D eigenvalue weighted by Gasteiger charge is -2.34. The SMILES string of the molecule is Cc1cc(C)nc(SCC(=O)N2[C@@H]3CCCC[C@@H]3C[C@H]2C(=O)OC(C)(C)C)n1. The summed E-state index contributed by atoms with van der Waals surface area (Å²) in [6, 6.07) is 1.59. The van der Waals surface area contributed by atoms with E-state index in [2.05, 4.69) is 9.97 Å². The summed E-state index contributed by atoms with van der Waals surface area (Å²) in [6.45, 7) is 9.45. The number of carbonyl (C=O) groups excluding carboxylic acids is 2. The molecule has 0 bridgehead atoms. The number of likely N-dealkylation sites (tertiary alicyclic amines) is 1. The van der Waals surface area contributed by atoms with Crippen LogP contribution in [-0.4, -0.2) is 50.2 Å². The number of rotatable bonds is 4. The highest BCUT2D eigenvalue weighted by Crippen LogP contribution is 2.40. The van der Waals surface area contributed by atoms with Gasteiger partial charge in [-0.1, -0.05) is 24.6 Å². The molecule has 2 aliphatic rings. The first-order valence-corrected chi connectivity index (χ1v) is 11.1. The van der Waals surface area contributed by atoms with Crippen molar-refractivity contribution in [2.75, 3.05) is 5.75 Å². The van der Waals surface area contributed by atoms with E-state index in [0.717, 1.165) is 37.1 Å². The molecule has 2 heterocycles. The molecular weight excluding hydrogens is 374 g/mol. The van der Waals surface area contributed by atoms with Gasteiger partial charge in [0.05, 0.1) is 5.75 Å². The van der Waals surface area contributed by atoms with Crippen LogP contribution in [0.15, 0.2) is 11.2 Å². The van der Waals surface area contributed by atoms with Crippen molar-refractivity contribution in [3.05, 3.63) is 17.5 Å². The second-order valence-corrected chi connectivity index (χ2v) is 9.86. The highest BCUT2D eigenvalue weighted by Gasteiger charge is 2.48. The first-order valence-electron chi connectivity index (χ1n) is 10.1. The van der Waals surface area contributed by atoms with E-state index in [1.54, 1.807) is 0 Å². The minimum atomic E-state index is -0.554. The number of hydrogen-bond acceptors (Lipinski definition) is 6. The lowest BCUT2D eigenvalue weighted by atomic mass is 9.85. The maximum atomic E-state index is 13.2. The maximum absolute atomic E-state index is 13.2. The number of aryl methyl sites for hydroxylation is 2. The molecular formula is C21H31N3O3S. The third-order valence-corrected chi connectivity index (χ3v) is 6.17. The van der Waals surface area contributed by atoms with Crippen molar-refractivity contribution in [1.82, 2.24) is 14.9 Å². The molecule has 1 aliphatic heterocycles. The Labute approximate surface area is 171 Å². The van der Waals surface area contributed by atoms with Gasteiger partial charge in [-0.05, 0) is 65.9 Å². The Morgan fingerprint density at radius 2 is 1.82 bits per heavy atom. The van der Waals surface area contributed by atoms with Gasteiger partial charge in [0.1, 0.15) is 11.6 Å². The van der Waals surface area contributed by atoms with Crippen molar-refractivity contribution < 1.29 is 14.3 Å². The van der Waals surface area contributed by atoms with Crippen LogP contribution in [0.4, 0.5) is 0 Å². The average Bonchev–Trinajstić information content (AvgIpc) is 2.97. The smallest absolute Gasteiger partial charge is 0.329 e. The van der Waals surface area contributed by atoms with Gasteiger partial charge < -0.3 is 9.64 Å². The zero-order valence-corrected chi connectivity index (χ0v) is 18.3. The van der Waals surface area contributed by atoms with Crippen molar-refractivity contribution in [3.63, 3.8) is 0 Å². The van der Waals surface area contributed by atoms with Crippen molar-refractivity contribution in [1.29, 1.82) is 0 Å². The van der Waals surface area contributed by atoms with Gasteiger partial charge in [0.2, 0.25) is 5.91 Å². The molecule has 1 aromatic rings. The van der Waals surface area contributed by atoms with Gasteiger partial charge in [0, 0.05) is 17.4 Å². The summed E-state index contributed by atoms with van der Waals surface area (Å²) in [5.74, 6) is 0.351. The zero-order chi connectivity index (χ0) is 20.5. The fraction of sp³-hybridized carbons (Fsp3) is 0.714. The van der Waals surface area contributed by atoms with E-state index in [1.165, 1.54) is 18.2 Å². The molecule has 3 rings (SSSR count). The van der Waals surface area contributed by atoms with Crippen LogP contribution in [0.1, 0.15) is 64.3 Å². The Morgan fingerprint density at radius 3 is 2.46 bits per heavy atom. The molecule has 1 amide bonds. The molecule has 28 heavy (non-hydrogen) atoms. The van der Waals surface area contributed by atoms with Crippen LogP contribution in [-0.2, 0) is 14.3 Å². The molecule has 154 valence electrons. The predicted molar refractivity (Wildman–Crippen MR) is 109 cm³/mol. The monoisotopic (exact) mass is 405 g/mol. The molecule has 7 heteroatoms. The fourth-order valence-electron chi connectivity index (χ4n) is 4.36. The molecule has 3 atom stereocenters. The summed E-state index contributed by atoms with van der Waals surface area (Å²) in [5.41, 5.74) is 1.23. The van der Waals surface area contributed by atoms with E-state index >= 15 is 0 Å². The van der Waals surface area contributed by atoms with Crippen LogP contribution in [0.5, 0.6) is 0 Å². The van der Waals surface area contributed by atoms with Gasteiger partial charge in [-0.15, -0.1) is 0 Å². The summed E-state index contributed by atoms with van der Waals surface area (Å²) in [7, 11) is 0. The van der Waals surface area contributed by atoms with Crippen molar-refractivity contribution in [3.8, 4) is 0 Å². The molecule has 0 spiro atoms. The third-order valence-electron chi connectivity index (χ3n) is 5.34.